The van der Waals surface area contributed by atoms with Crippen LogP contribution in [0.3, 0.4) is 0 Å². The summed E-state index contributed by atoms with van der Waals surface area (Å²) >= 11 is 0. The van der Waals surface area contributed by atoms with Gasteiger partial charge >= 0.3 is 12.3 Å². The van der Waals surface area contributed by atoms with Crippen LogP contribution in [0.4, 0.5) is 18.0 Å². The number of nitrogens with zero attached hydrogens (tertiary/aromatic N) is 2. The van der Waals surface area contributed by atoms with Crippen LogP contribution in [-0.2, 0) is 10.9 Å². The maximum absolute atomic E-state index is 13.0. The second kappa shape index (κ2) is 7.37. The number of hydrogen-bond acceptors (Lipinski definition) is 3. The topological polar surface area (TPSA) is 49.9 Å². The molecule has 0 bridgehead atoms. The maximum Gasteiger partial charge on any atom is 0.417 e. The van der Waals surface area contributed by atoms with E-state index in [1.807, 2.05) is 0 Å². The van der Waals surface area contributed by atoms with Gasteiger partial charge in [-0.15, -0.1) is 0 Å². The molecule has 0 spiro atoms. The van der Waals surface area contributed by atoms with Crippen molar-refractivity contribution < 1.29 is 27.5 Å². The monoisotopic (exact) mass is 342 g/mol. The van der Waals surface area contributed by atoms with Gasteiger partial charge in [-0.3, -0.25) is 4.79 Å². The van der Waals surface area contributed by atoms with E-state index in [-0.39, 0.29) is 38.3 Å². The van der Waals surface area contributed by atoms with Gasteiger partial charge in [0.1, 0.15) is 6.61 Å². The zero-order valence-electron chi connectivity index (χ0n) is 12.9. The minimum atomic E-state index is -4.59. The number of carbonyl (C=O) groups excluding carboxylic acids is 2. The predicted molar refractivity (Wildman–Crippen MR) is 80.5 cm³/mol. The first-order valence-corrected chi connectivity index (χ1v) is 7.32. The van der Waals surface area contributed by atoms with Crippen LogP contribution in [0.1, 0.15) is 15.9 Å². The van der Waals surface area contributed by atoms with Gasteiger partial charge in [-0.2, -0.15) is 13.2 Å². The number of ether oxygens (including phenoxy) is 1. The number of benzene rings is 1. The van der Waals surface area contributed by atoms with E-state index in [1.54, 1.807) is 0 Å². The number of piperazine rings is 1. The third kappa shape index (κ3) is 4.06. The molecule has 0 aromatic heterocycles. The van der Waals surface area contributed by atoms with Crippen molar-refractivity contribution >= 4 is 12.0 Å². The predicted octanol–water partition coefficient (Wildman–Crippen LogP) is 2.79. The van der Waals surface area contributed by atoms with Gasteiger partial charge in [0.25, 0.3) is 5.91 Å². The van der Waals surface area contributed by atoms with Crippen LogP contribution in [0.15, 0.2) is 36.9 Å². The number of alkyl halides is 3. The van der Waals surface area contributed by atoms with Gasteiger partial charge in [0, 0.05) is 26.2 Å². The molecule has 0 saturated carbocycles. The van der Waals surface area contributed by atoms with Gasteiger partial charge in [0.2, 0.25) is 0 Å². The Morgan fingerprint density at radius 1 is 1.12 bits per heavy atom. The largest absolute Gasteiger partial charge is 0.445 e. The third-order valence-electron chi connectivity index (χ3n) is 3.61. The summed E-state index contributed by atoms with van der Waals surface area (Å²) in [6.07, 6.45) is -3.69. The molecule has 24 heavy (non-hydrogen) atoms. The molecule has 2 amide bonds. The van der Waals surface area contributed by atoms with E-state index < -0.39 is 23.7 Å². The smallest absolute Gasteiger partial charge is 0.417 e. The van der Waals surface area contributed by atoms with E-state index in [0.717, 1.165) is 12.1 Å². The SMILES string of the molecule is C=CCOC(=O)N1CCN(C(=O)c2ccccc2C(F)(F)F)CC1. The number of amides is 2. The molecule has 0 atom stereocenters. The van der Waals surface area contributed by atoms with Gasteiger partial charge in [0.05, 0.1) is 11.1 Å². The van der Waals surface area contributed by atoms with Crippen LogP contribution >= 0.6 is 0 Å². The maximum atomic E-state index is 13.0. The van der Waals surface area contributed by atoms with E-state index in [9.17, 15) is 22.8 Å². The fourth-order valence-corrected chi connectivity index (χ4v) is 2.40. The zero-order valence-corrected chi connectivity index (χ0v) is 12.9. The van der Waals surface area contributed by atoms with E-state index in [1.165, 1.54) is 28.0 Å². The molecular weight excluding hydrogens is 325 g/mol. The zero-order chi connectivity index (χ0) is 17.7. The van der Waals surface area contributed by atoms with Crippen LogP contribution in [0.2, 0.25) is 0 Å². The van der Waals surface area contributed by atoms with Gasteiger partial charge in [0.15, 0.2) is 0 Å². The highest BCUT2D eigenvalue weighted by Crippen LogP contribution is 2.32. The summed E-state index contributed by atoms with van der Waals surface area (Å²) in [4.78, 5) is 26.8. The highest BCUT2D eigenvalue weighted by molar-refractivity contribution is 5.96. The van der Waals surface area contributed by atoms with Crippen LogP contribution in [-0.4, -0.2) is 54.6 Å². The Morgan fingerprint density at radius 2 is 1.71 bits per heavy atom. The number of rotatable bonds is 3. The van der Waals surface area contributed by atoms with Crippen LogP contribution in [0.5, 0.6) is 0 Å². The Bertz CT molecular complexity index is 623. The van der Waals surface area contributed by atoms with Crippen molar-refractivity contribution in [2.75, 3.05) is 32.8 Å². The highest BCUT2D eigenvalue weighted by atomic mass is 19.4. The van der Waals surface area contributed by atoms with Crippen molar-refractivity contribution in [3.8, 4) is 0 Å². The van der Waals surface area contributed by atoms with Gasteiger partial charge in [-0.1, -0.05) is 24.8 Å². The molecular formula is C16H17F3N2O3. The molecule has 0 radical (unpaired) electrons. The molecule has 0 aliphatic carbocycles. The Labute approximate surface area is 137 Å². The van der Waals surface area contributed by atoms with E-state index >= 15 is 0 Å². The highest BCUT2D eigenvalue weighted by Gasteiger charge is 2.36. The molecule has 1 aromatic rings. The molecule has 1 aliphatic rings. The average Bonchev–Trinajstić information content (AvgIpc) is 2.58. The summed E-state index contributed by atoms with van der Waals surface area (Å²) < 4.78 is 43.9. The Morgan fingerprint density at radius 3 is 2.29 bits per heavy atom. The molecule has 1 aromatic carbocycles. The standard InChI is InChI=1S/C16H17F3N2O3/c1-2-11-24-15(23)21-9-7-20(8-10-21)14(22)12-5-3-4-6-13(12)16(17,18)19/h2-6H,1,7-11H2. The van der Waals surface area contributed by atoms with Crippen molar-refractivity contribution in [2.24, 2.45) is 0 Å². The summed E-state index contributed by atoms with van der Waals surface area (Å²) in [6.45, 7) is 4.22. The second-order valence-corrected chi connectivity index (χ2v) is 5.19. The first-order chi connectivity index (χ1) is 11.3. The fraction of sp³-hybridized carbons (Fsp3) is 0.375. The average molecular weight is 342 g/mol. The minimum absolute atomic E-state index is 0.0803. The summed E-state index contributed by atoms with van der Waals surface area (Å²) in [6, 6.07) is 4.69. The quantitative estimate of drug-likeness (QED) is 0.794. The van der Waals surface area contributed by atoms with E-state index in [4.69, 9.17) is 4.74 Å². The Kier molecular flexibility index (Phi) is 5.48. The van der Waals surface area contributed by atoms with Crippen LogP contribution in [0, 0.1) is 0 Å². The lowest BCUT2D eigenvalue weighted by atomic mass is 10.1. The van der Waals surface area contributed by atoms with Gasteiger partial charge in [-0.25, -0.2) is 4.79 Å². The lowest BCUT2D eigenvalue weighted by Crippen LogP contribution is -2.51. The molecule has 1 fully saturated rings. The van der Waals surface area contributed by atoms with Crippen LogP contribution in [0.25, 0.3) is 0 Å². The number of carbonyl (C=O) groups is 2. The van der Waals surface area contributed by atoms with Crippen molar-refractivity contribution in [2.45, 2.75) is 6.18 Å². The van der Waals surface area contributed by atoms with Crippen LogP contribution < -0.4 is 0 Å². The third-order valence-corrected chi connectivity index (χ3v) is 3.61. The lowest BCUT2D eigenvalue weighted by molar-refractivity contribution is -0.138. The summed E-state index contributed by atoms with van der Waals surface area (Å²) in [5, 5.41) is 0. The molecule has 1 aliphatic heterocycles. The van der Waals surface area contributed by atoms with Gasteiger partial charge < -0.3 is 14.5 Å². The van der Waals surface area contributed by atoms with E-state index in [2.05, 4.69) is 6.58 Å². The minimum Gasteiger partial charge on any atom is -0.445 e. The van der Waals surface area contributed by atoms with Gasteiger partial charge in [-0.05, 0) is 12.1 Å². The van der Waals surface area contributed by atoms with Crippen molar-refractivity contribution in [1.29, 1.82) is 0 Å². The number of hydrogen-bond donors (Lipinski definition) is 0. The molecule has 130 valence electrons. The summed E-state index contributed by atoms with van der Waals surface area (Å²) in [7, 11) is 0. The molecule has 8 heteroatoms. The molecule has 5 nitrogen and oxygen atoms in total. The molecule has 2 rings (SSSR count). The first-order valence-electron chi connectivity index (χ1n) is 7.32. The summed E-state index contributed by atoms with van der Waals surface area (Å²) in [5.41, 5.74) is -1.34. The number of halogens is 3. The fourth-order valence-electron chi connectivity index (χ4n) is 2.40. The molecule has 1 saturated heterocycles. The second-order valence-electron chi connectivity index (χ2n) is 5.19. The van der Waals surface area contributed by atoms with Crippen molar-refractivity contribution in [3.63, 3.8) is 0 Å². The lowest BCUT2D eigenvalue weighted by Gasteiger charge is -2.34. The Balaban J connectivity index is 2.04. The van der Waals surface area contributed by atoms with E-state index in [0.29, 0.717) is 0 Å². The van der Waals surface area contributed by atoms with Crippen molar-refractivity contribution in [1.82, 2.24) is 9.80 Å². The summed E-state index contributed by atoms with van der Waals surface area (Å²) in [5.74, 6) is -0.693. The van der Waals surface area contributed by atoms with Crippen molar-refractivity contribution in [3.05, 3.63) is 48.0 Å². The molecule has 0 unspecified atom stereocenters. The normalized spacial score (nSPS) is 15.1. The molecule has 1 heterocycles. The first kappa shape index (κ1) is 17.8. The Hall–Kier alpha value is -2.51. The molecule has 0 N–H and O–H groups in total.